The molecule has 0 aromatic heterocycles. The van der Waals surface area contributed by atoms with Crippen LogP contribution in [0.25, 0.3) is 0 Å². The molecule has 2 N–H and O–H groups in total. The van der Waals surface area contributed by atoms with Gasteiger partial charge in [-0.25, -0.2) is 13.2 Å². The van der Waals surface area contributed by atoms with Crippen LogP contribution in [-0.2, 0) is 29.1 Å². The lowest BCUT2D eigenvalue weighted by molar-refractivity contribution is -0.151. The first-order chi connectivity index (χ1) is 16.1. The molecule has 2 rings (SSSR count). The number of benzene rings is 1. The predicted molar refractivity (Wildman–Crippen MR) is 123 cm³/mol. The number of methoxy groups -OCH3 is 1. The molecule has 1 aliphatic rings. The predicted octanol–water partition coefficient (Wildman–Crippen LogP) is 1.28. The summed E-state index contributed by atoms with van der Waals surface area (Å²) in [5, 5.41) is 2.77. The monoisotopic (exact) mass is 499 g/mol. The quantitative estimate of drug-likeness (QED) is 0.459. The van der Waals surface area contributed by atoms with E-state index in [0.717, 1.165) is 0 Å². The number of likely N-dealkylation sites (tertiary alicyclic amines) is 1. The van der Waals surface area contributed by atoms with Crippen molar-refractivity contribution in [2.24, 2.45) is 5.92 Å². The lowest BCUT2D eigenvalue weighted by atomic mass is 10.1. The molecule has 2 amide bonds. The second kappa shape index (κ2) is 12.6. The largest absolute Gasteiger partial charge is 0.497 e. The summed E-state index contributed by atoms with van der Waals surface area (Å²) in [5.74, 6) is -1.27. The van der Waals surface area contributed by atoms with Crippen LogP contribution in [0.2, 0.25) is 0 Å². The van der Waals surface area contributed by atoms with Gasteiger partial charge in [-0.1, -0.05) is 13.8 Å². The van der Waals surface area contributed by atoms with Gasteiger partial charge < -0.3 is 24.4 Å². The molecular weight excluding hydrogens is 466 g/mol. The fourth-order valence-corrected chi connectivity index (χ4v) is 4.70. The van der Waals surface area contributed by atoms with Gasteiger partial charge in [0.2, 0.25) is 10.0 Å². The maximum absolute atomic E-state index is 12.7. The second-order valence-electron chi connectivity index (χ2n) is 8.15. The minimum Gasteiger partial charge on any atom is -0.497 e. The van der Waals surface area contributed by atoms with Crippen molar-refractivity contribution in [3.63, 3.8) is 0 Å². The third-order valence-corrected chi connectivity index (χ3v) is 6.76. The zero-order valence-corrected chi connectivity index (χ0v) is 20.7. The minimum atomic E-state index is -4.00. The molecule has 11 nitrogen and oxygen atoms in total. The summed E-state index contributed by atoms with van der Waals surface area (Å²) in [6.45, 7) is 5.73. The summed E-state index contributed by atoms with van der Waals surface area (Å²) in [4.78, 5) is 38.1. The fraction of sp³-hybridized carbons (Fsp3) is 0.591. The summed E-state index contributed by atoms with van der Waals surface area (Å²) in [6.07, 6.45) is 0.724. The van der Waals surface area contributed by atoms with Gasteiger partial charge in [0.25, 0.3) is 5.91 Å². The van der Waals surface area contributed by atoms with Crippen LogP contribution in [0, 0.1) is 5.92 Å². The van der Waals surface area contributed by atoms with Crippen molar-refractivity contribution in [1.29, 1.82) is 0 Å². The number of carbonyl (C=O) groups is 3. The van der Waals surface area contributed by atoms with E-state index >= 15 is 0 Å². The van der Waals surface area contributed by atoms with E-state index in [0.29, 0.717) is 38.3 Å². The second-order valence-corrected chi connectivity index (χ2v) is 9.87. The zero-order valence-electron chi connectivity index (χ0n) is 19.9. The van der Waals surface area contributed by atoms with Crippen LogP contribution in [0.15, 0.2) is 29.2 Å². The van der Waals surface area contributed by atoms with Crippen molar-refractivity contribution in [3.05, 3.63) is 24.3 Å². The molecule has 0 aliphatic carbocycles. The Morgan fingerprint density at radius 1 is 1.09 bits per heavy atom. The summed E-state index contributed by atoms with van der Waals surface area (Å²) in [5.41, 5.74) is 0. The first-order valence-corrected chi connectivity index (χ1v) is 12.6. The molecule has 0 unspecified atom stereocenters. The molecule has 12 heteroatoms. The standard InChI is InChI=1S/C22H33N3O8S/c1-5-32-22(28)25-12-10-16(11-13-25)23-19(26)14-33-21(27)20(15(2)3)24-34(29,30)18-8-6-17(31-4)7-9-18/h6-9,15-16,20,24H,5,10-14H2,1-4H3,(H,23,26)/t20-/m0/s1. The molecule has 1 saturated heterocycles. The Labute approximate surface area is 200 Å². The van der Waals surface area contributed by atoms with Crippen LogP contribution in [0.1, 0.15) is 33.6 Å². The highest BCUT2D eigenvalue weighted by Crippen LogP contribution is 2.17. The van der Waals surface area contributed by atoms with E-state index in [-0.39, 0.29) is 17.0 Å². The van der Waals surface area contributed by atoms with E-state index < -0.39 is 40.5 Å². The van der Waals surface area contributed by atoms with Gasteiger partial charge in [0.05, 0.1) is 18.6 Å². The van der Waals surface area contributed by atoms with E-state index in [9.17, 15) is 22.8 Å². The molecule has 0 radical (unpaired) electrons. The van der Waals surface area contributed by atoms with Crippen LogP contribution in [-0.4, -0.2) is 76.8 Å². The van der Waals surface area contributed by atoms with E-state index in [2.05, 4.69) is 10.0 Å². The highest BCUT2D eigenvalue weighted by atomic mass is 32.2. The topological polar surface area (TPSA) is 140 Å². The maximum Gasteiger partial charge on any atom is 0.409 e. The summed E-state index contributed by atoms with van der Waals surface area (Å²) >= 11 is 0. The molecule has 1 aliphatic heterocycles. The molecule has 0 bridgehead atoms. The van der Waals surface area contributed by atoms with Crippen molar-refractivity contribution in [1.82, 2.24) is 14.9 Å². The van der Waals surface area contributed by atoms with E-state index in [4.69, 9.17) is 14.2 Å². The molecular formula is C22H33N3O8S. The Morgan fingerprint density at radius 2 is 1.71 bits per heavy atom. The van der Waals surface area contributed by atoms with Crippen LogP contribution >= 0.6 is 0 Å². The number of amides is 2. The van der Waals surface area contributed by atoms with Gasteiger partial charge in [-0.3, -0.25) is 9.59 Å². The van der Waals surface area contributed by atoms with Crippen LogP contribution in [0.5, 0.6) is 5.75 Å². The van der Waals surface area contributed by atoms with Crippen molar-refractivity contribution in [2.75, 3.05) is 33.4 Å². The number of nitrogens with one attached hydrogen (secondary N) is 2. The van der Waals surface area contributed by atoms with Crippen molar-refractivity contribution >= 4 is 28.0 Å². The Kier molecular flexibility index (Phi) is 10.1. The number of nitrogens with zero attached hydrogens (tertiary/aromatic N) is 1. The molecule has 1 aromatic rings. The molecule has 1 heterocycles. The average Bonchev–Trinajstić information content (AvgIpc) is 2.81. The minimum absolute atomic E-state index is 0.0290. The summed E-state index contributed by atoms with van der Waals surface area (Å²) in [6, 6.07) is 4.39. The Morgan fingerprint density at radius 3 is 2.24 bits per heavy atom. The van der Waals surface area contributed by atoms with Crippen LogP contribution in [0.4, 0.5) is 4.79 Å². The van der Waals surface area contributed by atoms with Gasteiger partial charge in [0.15, 0.2) is 6.61 Å². The van der Waals surface area contributed by atoms with Gasteiger partial charge >= 0.3 is 12.1 Å². The fourth-order valence-electron chi connectivity index (χ4n) is 3.36. The number of carbonyl (C=O) groups excluding carboxylic acids is 3. The molecule has 1 fully saturated rings. The molecule has 1 atom stereocenters. The van der Waals surface area contributed by atoms with Crippen molar-refractivity contribution < 1.29 is 37.0 Å². The molecule has 0 spiro atoms. The third kappa shape index (κ3) is 7.87. The normalized spacial score (nSPS) is 15.5. The van der Waals surface area contributed by atoms with E-state index in [1.807, 2.05) is 0 Å². The number of ether oxygens (including phenoxy) is 3. The zero-order chi connectivity index (χ0) is 25.3. The highest BCUT2D eigenvalue weighted by molar-refractivity contribution is 7.89. The summed E-state index contributed by atoms with van der Waals surface area (Å²) < 4.78 is 42.8. The van der Waals surface area contributed by atoms with Gasteiger partial charge in [0.1, 0.15) is 11.8 Å². The lowest BCUT2D eigenvalue weighted by Gasteiger charge is -2.31. The third-order valence-electron chi connectivity index (χ3n) is 5.30. The first-order valence-electron chi connectivity index (χ1n) is 11.1. The van der Waals surface area contributed by atoms with Gasteiger partial charge in [-0.2, -0.15) is 4.72 Å². The van der Waals surface area contributed by atoms with E-state index in [1.165, 1.54) is 31.4 Å². The highest BCUT2D eigenvalue weighted by Gasteiger charge is 2.31. The number of hydrogen-bond acceptors (Lipinski definition) is 8. The summed E-state index contributed by atoms with van der Waals surface area (Å²) in [7, 11) is -2.53. The molecule has 34 heavy (non-hydrogen) atoms. The number of piperidine rings is 1. The molecule has 1 aromatic carbocycles. The SMILES string of the molecule is CCOC(=O)N1CCC(NC(=O)COC(=O)[C@@H](NS(=O)(=O)c2ccc(OC)cc2)C(C)C)CC1. The first kappa shape index (κ1) is 27.4. The van der Waals surface area contributed by atoms with E-state index in [1.54, 1.807) is 25.7 Å². The Balaban J connectivity index is 1.86. The number of hydrogen-bond donors (Lipinski definition) is 2. The van der Waals surface area contributed by atoms with Gasteiger partial charge in [-0.15, -0.1) is 0 Å². The number of esters is 1. The number of rotatable bonds is 10. The smallest absolute Gasteiger partial charge is 0.409 e. The van der Waals surface area contributed by atoms with Gasteiger partial charge in [0, 0.05) is 19.1 Å². The number of sulfonamides is 1. The lowest BCUT2D eigenvalue weighted by Crippen LogP contribution is -2.48. The van der Waals surface area contributed by atoms with Crippen molar-refractivity contribution in [3.8, 4) is 5.75 Å². The molecule has 0 saturated carbocycles. The Hall–Kier alpha value is -2.86. The maximum atomic E-state index is 12.7. The molecule has 190 valence electrons. The Bertz CT molecular complexity index is 941. The van der Waals surface area contributed by atoms with Crippen molar-refractivity contribution in [2.45, 2.75) is 50.6 Å². The average molecular weight is 500 g/mol. The van der Waals surface area contributed by atoms with Crippen LogP contribution in [0.3, 0.4) is 0 Å². The van der Waals surface area contributed by atoms with Crippen LogP contribution < -0.4 is 14.8 Å². The van der Waals surface area contributed by atoms with Gasteiger partial charge in [-0.05, 0) is 49.9 Å².